The van der Waals surface area contributed by atoms with Crippen molar-refractivity contribution in [2.75, 3.05) is 0 Å². The molecule has 1 fully saturated rings. The van der Waals surface area contributed by atoms with E-state index in [1.807, 2.05) is 0 Å². The summed E-state index contributed by atoms with van der Waals surface area (Å²) in [5.74, 6) is -0.509. The van der Waals surface area contributed by atoms with Crippen molar-refractivity contribution in [3.8, 4) is 0 Å². The van der Waals surface area contributed by atoms with Crippen LogP contribution in [0.1, 0.15) is 46.5 Å². The van der Waals surface area contributed by atoms with E-state index in [9.17, 15) is 19.1 Å². The van der Waals surface area contributed by atoms with Crippen LogP contribution < -0.4 is 10.9 Å². The van der Waals surface area contributed by atoms with E-state index in [0.29, 0.717) is 29.1 Å². The zero-order valence-electron chi connectivity index (χ0n) is 16.8. The molecule has 2 N–H and O–H groups in total. The molecule has 6 nitrogen and oxygen atoms in total. The molecule has 1 aliphatic rings. The SMILES string of the molecule is CC(C)(C)OC(=O)N[C@H]1CCC[C@@](O)(Cn2ccc3cc(Br)c(F)cc3c2=O)C1. The lowest BCUT2D eigenvalue weighted by Gasteiger charge is -2.37. The maximum atomic E-state index is 13.9. The number of aromatic nitrogens is 1. The van der Waals surface area contributed by atoms with Crippen molar-refractivity contribution in [3.05, 3.63) is 45.0 Å². The van der Waals surface area contributed by atoms with Gasteiger partial charge in [0, 0.05) is 12.2 Å². The maximum absolute atomic E-state index is 13.9. The van der Waals surface area contributed by atoms with Crippen molar-refractivity contribution in [2.45, 2.75) is 70.2 Å². The molecule has 1 aliphatic carbocycles. The van der Waals surface area contributed by atoms with Gasteiger partial charge in [-0.05, 0) is 86.0 Å². The van der Waals surface area contributed by atoms with Crippen LogP contribution in [-0.4, -0.2) is 33.0 Å². The van der Waals surface area contributed by atoms with E-state index in [1.54, 1.807) is 39.1 Å². The molecule has 1 amide bonds. The number of hydrogen-bond donors (Lipinski definition) is 2. The van der Waals surface area contributed by atoms with Crippen LogP contribution in [-0.2, 0) is 11.3 Å². The van der Waals surface area contributed by atoms with Gasteiger partial charge in [0.2, 0.25) is 0 Å². The van der Waals surface area contributed by atoms with Crippen molar-refractivity contribution < 1.29 is 19.0 Å². The van der Waals surface area contributed by atoms with Gasteiger partial charge in [0.1, 0.15) is 11.4 Å². The average Bonchev–Trinajstić information content (AvgIpc) is 2.57. The van der Waals surface area contributed by atoms with E-state index >= 15 is 0 Å². The summed E-state index contributed by atoms with van der Waals surface area (Å²) in [6.45, 7) is 5.44. The molecule has 1 aromatic heterocycles. The molecule has 2 aromatic rings. The van der Waals surface area contributed by atoms with Crippen LogP contribution in [0, 0.1) is 5.82 Å². The normalized spacial score (nSPS) is 22.5. The number of nitrogens with one attached hydrogen (secondary N) is 1. The van der Waals surface area contributed by atoms with Gasteiger partial charge in [0.25, 0.3) is 5.56 Å². The summed E-state index contributed by atoms with van der Waals surface area (Å²) in [6, 6.07) is 4.25. The summed E-state index contributed by atoms with van der Waals surface area (Å²) in [5, 5.41) is 14.8. The lowest BCUT2D eigenvalue weighted by molar-refractivity contribution is -0.0242. The molecule has 1 saturated carbocycles. The number of carbonyl (C=O) groups is 1. The Balaban J connectivity index is 1.76. The highest BCUT2D eigenvalue weighted by Crippen LogP contribution is 2.30. The Morgan fingerprint density at radius 2 is 2.17 bits per heavy atom. The van der Waals surface area contributed by atoms with Crippen molar-refractivity contribution in [1.82, 2.24) is 9.88 Å². The maximum Gasteiger partial charge on any atom is 0.407 e. The number of rotatable bonds is 3. The summed E-state index contributed by atoms with van der Waals surface area (Å²) in [5.41, 5.74) is -2.11. The minimum Gasteiger partial charge on any atom is -0.444 e. The average molecular weight is 469 g/mol. The zero-order chi connectivity index (χ0) is 21.4. The highest BCUT2D eigenvalue weighted by molar-refractivity contribution is 9.10. The number of halogens is 2. The van der Waals surface area contributed by atoms with Gasteiger partial charge >= 0.3 is 6.09 Å². The first-order chi connectivity index (χ1) is 13.5. The second-order valence-corrected chi connectivity index (χ2v) is 9.62. The summed E-state index contributed by atoms with van der Waals surface area (Å²) in [6.07, 6.45) is 3.35. The molecule has 0 saturated heterocycles. The molecule has 0 unspecified atom stereocenters. The van der Waals surface area contributed by atoms with Crippen LogP contribution in [0.15, 0.2) is 33.7 Å². The van der Waals surface area contributed by atoms with Gasteiger partial charge in [-0.1, -0.05) is 0 Å². The van der Waals surface area contributed by atoms with Crippen LogP contribution in [0.4, 0.5) is 9.18 Å². The fourth-order valence-electron chi connectivity index (χ4n) is 3.80. The van der Waals surface area contributed by atoms with Gasteiger partial charge < -0.3 is 19.7 Å². The number of amides is 1. The first-order valence-corrected chi connectivity index (χ1v) is 10.5. The van der Waals surface area contributed by atoms with Gasteiger partial charge in [0.15, 0.2) is 0 Å². The van der Waals surface area contributed by atoms with E-state index in [1.165, 1.54) is 10.6 Å². The monoisotopic (exact) mass is 468 g/mol. The first kappa shape index (κ1) is 21.8. The summed E-state index contributed by atoms with van der Waals surface area (Å²) >= 11 is 3.12. The number of hydrogen-bond acceptors (Lipinski definition) is 4. The molecule has 1 heterocycles. The Hall–Kier alpha value is -1.93. The molecule has 0 radical (unpaired) electrons. The predicted molar refractivity (Wildman–Crippen MR) is 112 cm³/mol. The topological polar surface area (TPSA) is 80.6 Å². The molecule has 8 heteroatoms. The summed E-state index contributed by atoms with van der Waals surface area (Å²) in [4.78, 5) is 24.9. The van der Waals surface area contributed by atoms with Crippen LogP contribution in [0.5, 0.6) is 0 Å². The molecule has 29 heavy (non-hydrogen) atoms. The highest BCUT2D eigenvalue weighted by atomic mass is 79.9. The molecule has 0 aliphatic heterocycles. The number of nitrogens with zero attached hydrogens (tertiary/aromatic N) is 1. The zero-order valence-corrected chi connectivity index (χ0v) is 18.4. The molecule has 2 atom stereocenters. The number of carbonyl (C=O) groups excluding carboxylic acids is 1. The van der Waals surface area contributed by atoms with Crippen molar-refractivity contribution in [2.24, 2.45) is 0 Å². The van der Waals surface area contributed by atoms with Crippen LogP contribution in [0.25, 0.3) is 10.8 Å². The van der Waals surface area contributed by atoms with Crippen molar-refractivity contribution in [3.63, 3.8) is 0 Å². The minimum atomic E-state index is -1.15. The Kier molecular flexibility index (Phi) is 6.06. The largest absolute Gasteiger partial charge is 0.444 e. The summed E-state index contributed by atoms with van der Waals surface area (Å²) < 4.78 is 20.9. The lowest BCUT2D eigenvalue weighted by Crippen LogP contribution is -2.49. The van der Waals surface area contributed by atoms with Crippen LogP contribution in [0.3, 0.4) is 0 Å². The standard InChI is InChI=1S/C21H26BrFN2O4/c1-20(2,3)29-19(27)24-14-5-4-7-21(28,11-14)12-25-8-6-13-9-16(22)17(23)10-15(13)18(25)26/h6,8-10,14,28H,4-5,7,11-12H2,1-3H3,(H,24,27)/t14-,21-/m0/s1. The molecular formula is C21H26BrFN2O4. The summed E-state index contributed by atoms with van der Waals surface area (Å²) in [7, 11) is 0. The molecule has 0 bridgehead atoms. The van der Waals surface area contributed by atoms with E-state index < -0.39 is 23.1 Å². The fourth-order valence-corrected chi connectivity index (χ4v) is 4.16. The number of fused-ring (bicyclic) bond motifs is 1. The van der Waals surface area contributed by atoms with E-state index in [2.05, 4.69) is 21.2 Å². The van der Waals surface area contributed by atoms with Gasteiger partial charge in [-0.15, -0.1) is 0 Å². The molecule has 0 spiro atoms. The quantitative estimate of drug-likeness (QED) is 0.710. The third-order valence-electron chi connectivity index (χ3n) is 5.02. The van der Waals surface area contributed by atoms with E-state index in [-0.39, 0.29) is 23.5 Å². The van der Waals surface area contributed by atoms with Crippen molar-refractivity contribution >= 4 is 32.8 Å². The van der Waals surface area contributed by atoms with Gasteiger partial charge in [-0.2, -0.15) is 0 Å². The number of aliphatic hydroxyl groups is 1. The molecule has 1 aromatic carbocycles. The number of ether oxygens (including phenoxy) is 1. The Bertz CT molecular complexity index is 985. The van der Waals surface area contributed by atoms with Gasteiger partial charge in [0.05, 0.1) is 22.0 Å². The minimum absolute atomic E-state index is 0.0754. The first-order valence-electron chi connectivity index (χ1n) is 9.66. The Labute approximate surface area is 177 Å². The van der Waals surface area contributed by atoms with Gasteiger partial charge in [-0.25, -0.2) is 9.18 Å². The Morgan fingerprint density at radius 1 is 1.45 bits per heavy atom. The predicted octanol–water partition coefficient (Wildman–Crippen LogP) is 4.10. The Morgan fingerprint density at radius 3 is 2.86 bits per heavy atom. The number of benzene rings is 1. The fraction of sp³-hybridized carbons (Fsp3) is 0.524. The van der Waals surface area contributed by atoms with Gasteiger partial charge in [-0.3, -0.25) is 4.79 Å². The van der Waals surface area contributed by atoms with E-state index in [4.69, 9.17) is 4.74 Å². The van der Waals surface area contributed by atoms with E-state index in [0.717, 1.165) is 6.42 Å². The number of pyridine rings is 1. The van der Waals surface area contributed by atoms with Crippen molar-refractivity contribution in [1.29, 1.82) is 0 Å². The third-order valence-corrected chi connectivity index (χ3v) is 5.63. The second kappa shape index (κ2) is 8.07. The van der Waals surface area contributed by atoms with Crippen LogP contribution >= 0.6 is 15.9 Å². The molecule has 3 rings (SSSR count). The third kappa shape index (κ3) is 5.36. The smallest absolute Gasteiger partial charge is 0.407 e. The second-order valence-electron chi connectivity index (χ2n) is 8.77. The lowest BCUT2D eigenvalue weighted by atomic mass is 9.81. The molecule has 158 valence electrons. The molecular weight excluding hydrogens is 443 g/mol. The number of alkyl carbamates (subject to hydrolysis) is 1. The van der Waals surface area contributed by atoms with Crippen LogP contribution in [0.2, 0.25) is 0 Å². The highest BCUT2D eigenvalue weighted by Gasteiger charge is 2.36.